The third-order valence-electron chi connectivity index (χ3n) is 4.59. The number of nitrogens with two attached hydrogens (primary N) is 2. The summed E-state index contributed by atoms with van der Waals surface area (Å²) in [5.41, 5.74) is 13.6. The number of anilines is 1. The van der Waals surface area contributed by atoms with Crippen molar-refractivity contribution in [3.63, 3.8) is 0 Å². The first-order valence-corrected chi connectivity index (χ1v) is 10.5. The summed E-state index contributed by atoms with van der Waals surface area (Å²) in [5.74, 6) is -0.458. The Bertz CT molecular complexity index is 1130. The Hall–Kier alpha value is -2.38. The maximum Gasteiger partial charge on any atom is 1.00 e. The molecule has 178 valence electrons. The van der Waals surface area contributed by atoms with Crippen LogP contribution in [-0.2, 0) is 0 Å². The molecule has 6 nitrogen and oxygen atoms in total. The third kappa shape index (κ3) is 10.0. The first-order valence-electron chi connectivity index (χ1n) is 10.5. The number of carbonyl (C=O) groups excluding carboxylic acids is 1. The van der Waals surface area contributed by atoms with E-state index in [4.69, 9.17) is 11.0 Å². The molecule has 8 heteroatoms. The number of pyridine rings is 1. The van der Waals surface area contributed by atoms with Crippen molar-refractivity contribution in [2.75, 3.05) is 25.9 Å². The molecular formula is C27H30FKN5O-. The average Bonchev–Trinajstić information content (AvgIpc) is 2.88. The monoisotopic (exact) mass is 498 g/mol. The zero-order chi connectivity index (χ0) is 25.5. The molecule has 0 bridgehead atoms. The number of benzene rings is 2. The van der Waals surface area contributed by atoms with Crippen LogP contribution in [0.2, 0.25) is 0 Å². The van der Waals surface area contributed by atoms with Crippen LogP contribution in [0.1, 0.15) is 34.0 Å². The Morgan fingerprint density at radius 3 is 2.23 bits per heavy atom. The number of allylic oxidation sites excluding steroid dienone is 1. The maximum atomic E-state index is 13.9. The van der Waals surface area contributed by atoms with Crippen LogP contribution < -0.4 is 62.9 Å². The molecule has 0 unspecified atom stereocenters. The molecule has 3 rings (SSSR count). The van der Waals surface area contributed by atoms with E-state index in [0.29, 0.717) is 35.5 Å². The second-order valence-corrected chi connectivity index (χ2v) is 6.67. The van der Waals surface area contributed by atoms with Crippen molar-refractivity contribution in [2.45, 2.75) is 6.92 Å². The van der Waals surface area contributed by atoms with Gasteiger partial charge in [-0.15, -0.1) is 13.1 Å². The van der Waals surface area contributed by atoms with Crippen LogP contribution in [0.5, 0.6) is 0 Å². The summed E-state index contributed by atoms with van der Waals surface area (Å²) in [6, 6.07) is 17.6. The molecule has 1 heterocycles. The Morgan fingerprint density at radius 1 is 1.09 bits per heavy atom. The van der Waals surface area contributed by atoms with Gasteiger partial charge in [-0.05, 0) is 49.4 Å². The summed E-state index contributed by atoms with van der Waals surface area (Å²) >= 11 is 0. The van der Waals surface area contributed by atoms with Crippen LogP contribution in [0.25, 0.3) is 5.57 Å². The van der Waals surface area contributed by atoms with E-state index in [0.717, 1.165) is 11.1 Å². The van der Waals surface area contributed by atoms with Gasteiger partial charge in [0.2, 0.25) is 0 Å². The van der Waals surface area contributed by atoms with Crippen LogP contribution >= 0.6 is 0 Å². The van der Waals surface area contributed by atoms with Crippen molar-refractivity contribution >= 4 is 17.2 Å². The average molecular weight is 499 g/mol. The van der Waals surface area contributed by atoms with Gasteiger partial charge in [0.05, 0.1) is 22.9 Å². The second kappa shape index (κ2) is 18.0. The predicted molar refractivity (Wildman–Crippen MR) is 136 cm³/mol. The fraction of sp³-hybridized carbons (Fsp3) is 0.148. The summed E-state index contributed by atoms with van der Waals surface area (Å²) in [7, 11) is 1.50. The van der Waals surface area contributed by atoms with Gasteiger partial charge in [-0.1, -0.05) is 36.4 Å². The van der Waals surface area contributed by atoms with Gasteiger partial charge in [-0.3, -0.25) is 9.78 Å². The Kier molecular flexibility index (Phi) is 16.7. The minimum absolute atomic E-state index is 0. The van der Waals surface area contributed by atoms with Crippen molar-refractivity contribution in [2.24, 2.45) is 5.73 Å². The van der Waals surface area contributed by atoms with E-state index in [1.54, 1.807) is 12.1 Å². The molecular weight excluding hydrogens is 468 g/mol. The van der Waals surface area contributed by atoms with E-state index in [1.165, 1.54) is 36.5 Å². The number of rotatable bonds is 5. The molecule has 1 aromatic heterocycles. The van der Waals surface area contributed by atoms with Gasteiger partial charge in [0.15, 0.2) is 0 Å². The number of amides is 1. The van der Waals surface area contributed by atoms with Crippen LogP contribution in [0.15, 0.2) is 73.1 Å². The van der Waals surface area contributed by atoms with E-state index in [9.17, 15) is 9.18 Å². The Labute approximate surface area is 250 Å². The molecule has 0 aliphatic carbocycles. The van der Waals surface area contributed by atoms with Crippen LogP contribution in [-0.4, -0.2) is 35.9 Å². The minimum Gasteiger partial charge on any atom is -0.399 e. The third-order valence-corrected chi connectivity index (χ3v) is 4.59. The summed E-state index contributed by atoms with van der Waals surface area (Å²) in [5, 5.41) is 8.89. The standard InChI is InChI=1S/C16H12FN.C10H13N3O.CH5N.K/c1-2-14(13-6-4-3-5-7-13)15-10-12(11-18)8-9-16(15)17;1-3-13(4-2)10(14)8-5-9(11)7-12-6-8;1-2;/h2-10H,1H3;5-7H,1-4,11H2;2H2,1H3;/q;-2;;+1/b14-2+;;;. The number of hydrogen-bond acceptors (Lipinski definition) is 5. The fourth-order valence-corrected chi connectivity index (χ4v) is 2.97. The van der Waals surface area contributed by atoms with Crippen molar-refractivity contribution in [1.29, 1.82) is 5.26 Å². The number of halogens is 1. The fourth-order valence-electron chi connectivity index (χ4n) is 2.97. The van der Waals surface area contributed by atoms with Gasteiger partial charge >= 0.3 is 51.4 Å². The molecule has 0 radical (unpaired) electrons. The molecule has 4 N–H and O–H groups in total. The van der Waals surface area contributed by atoms with Crippen molar-refractivity contribution in [1.82, 2.24) is 9.88 Å². The summed E-state index contributed by atoms with van der Waals surface area (Å²) in [6.45, 7) is 9.91. The van der Waals surface area contributed by atoms with Gasteiger partial charge in [0.25, 0.3) is 5.91 Å². The number of nitriles is 1. The molecule has 35 heavy (non-hydrogen) atoms. The number of carbonyl (C=O) groups is 1. The normalized spacial score (nSPS) is 9.80. The number of nitrogen functional groups attached to an aromatic ring is 1. The first kappa shape index (κ1) is 32.6. The van der Waals surface area contributed by atoms with Crippen LogP contribution in [0.4, 0.5) is 10.1 Å². The van der Waals surface area contributed by atoms with Crippen LogP contribution in [0.3, 0.4) is 0 Å². The van der Waals surface area contributed by atoms with Crippen molar-refractivity contribution in [3.8, 4) is 6.07 Å². The van der Waals surface area contributed by atoms with Crippen molar-refractivity contribution in [3.05, 3.63) is 115 Å². The van der Waals surface area contributed by atoms with E-state index >= 15 is 0 Å². The molecule has 3 aromatic rings. The van der Waals surface area contributed by atoms with Gasteiger partial charge in [0, 0.05) is 18.0 Å². The van der Waals surface area contributed by atoms with E-state index in [2.05, 4.69) is 24.6 Å². The zero-order valence-electron chi connectivity index (χ0n) is 20.5. The minimum atomic E-state index is -0.314. The quantitative estimate of drug-likeness (QED) is 0.409. The molecule has 0 aliphatic heterocycles. The molecule has 1 amide bonds. The topological polar surface area (TPSA) is 109 Å². The van der Waals surface area contributed by atoms with Gasteiger partial charge in [-0.25, -0.2) is 4.39 Å². The zero-order valence-corrected chi connectivity index (χ0v) is 23.7. The molecule has 0 atom stereocenters. The predicted octanol–water partition coefficient (Wildman–Crippen LogP) is 1.50. The molecule has 2 aromatic carbocycles. The van der Waals surface area contributed by atoms with Gasteiger partial charge < -0.3 is 30.2 Å². The molecule has 0 aliphatic rings. The maximum absolute atomic E-state index is 13.9. The number of aromatic nitrogens is 1. The molecule has 0 spiro atoms. The molecule has 0 saturated carbocycles. The smallest absolute Gasteiger partial charge is 0.399 e. The second-order valence-electron chi connectivity index (χ2n) is 6.67. The Morgan fingerprint density at radius 2 is 1.71 bits per heavy atom. The van der Waals surface area contributed by atoms with Gasteiger partial charge in [-0.2, -0.15) is 5.26 Å². The van der Waals surface area contributed by atoms with E-state index in [-0.39, 0.29) is 63.1 Å². The summed E-state index contributed by atoms with van der Waals surface area (Å²) in [6.07, 6.45) is 4.83. The van der Waals surface area contributed by atoms with E-state index < -0.39 is 0 Å². The molecule has 0 saturated heterocycles. The van der Waals surface area contributed by atoms with Crippen LogP contribution in [0, 0.1) is 31.0 Å². The van der Waals surface area contributed by atoms with Crippen molar-refractivity contribution < 1.29 is 60.6 Å². The SMILES string of the molecule is C/C=C(\c1ccccc1)c1cc(C#N)ccc1F.CN.[CH2-]CN(C[CH2-])C(=O)c1cncc(N)c1.[K+]. The Balaban J connectivity index is 0.000000617. The summed E-state index contributed by atoms with van der Waals surface area (Å²) in [4.78, 5) is 17.1. The van der Waals surface area contributed by atoms with E-state index in [1.807, 2.05) is 49.4 Å². The number of hydrogen-bond donors (Lipinski definition) is 2. The number of nitrogens with zero attached hydrogens (tertiary/aromatic N) is 3. The molecule has 0 fully saturated rings. The largest absolute Gasteiger partial charge is 1.00 e. The van der Waals surface area contributed by atoms with Gasteiger partial charge in [0.1, 0.15) is 5.82 Å². The summed E-state index contributed by atoms with van der Waals surface area (Å²) < 4.78 is 13.9. The first-order chi connectivity index (χ1) is 16.4.